The van der Waals surface area contributed by atoms with Crippen molar-refractivity contribution in [3.8, 4) is 0 Å². The van der Waals surface area contributed by atoms with Crippen LogP contribution in [0.15, 0.2) is 82.4 Å². The largest absolute Gasteiger partial charge is 0.465 e. The molecule has 5 rings (SSSR count). The summed E-state index contributed by atoms with van der Waals surface area (Å²) >= 11 is 0. The van der Waals surface area contributed by atoms with Crippen LogP contribution in [0.2, 0.25) is 0 Å². The van der Waals surface area contributed by atoms with Crippen molar-refractivity contribution < 1.29 is 27.1 Å². The Morgan fingerprint density at radius 1 is 0.894 bits per heavy atom. The number of alkyl halides is 3. The van der Waals surface area contributed by atoms with Gasteiger partial charge in [-0.15, -0.1) is 0 Å². The van der Waals surface area contributed by atoms with Gasteiger partial charge in [0.15, 0.2) is 0 Å². The zero-order chi connectivity index (χ0) is 33.9. The number of carbonyl (C=O) groups excluding carboxylic acids is 1. The highest BCUT2D eigenvalue weighted by atomic mass is 19.4. The zero-order valence-electron chi connectivity index (χ0n) is 26.0. The lowest BCUT2D eigenvalue weighted by atomic mass is 10.1. The van der Waals surface area contributed by atoms with Crippen LogP contribution in [0.5, 0.6) is 0 Å². The fourth-order valence-corrected chi connectivity index (χ4v) is 5.98. The number of hydrogen-bond acceptors (Lipinski definition) is 7. The number of rotatable bonds is 9. The Hall–Kier alpha value is -4.75. The number of aromatic nitrogens is 2. The highest BCUT2D eigenvalue weighted by Crippen LogP contribution is 2.33. The zero-order valence-corrected chi connectivity index (χ0v) is 26.0. The molecule has 1 atom stereocenters. The Morgan fingerprint density at radius 2 is 1.55 bits per heavy atom. The van der Waals surface area contributed by atoms with Crippen LogP contribution >= 0.6 is 0 Å². The molecule has 47 heavy (non-hydrogen) atoms. The third-order valence-corrected chi connectivity index (χ3v) is 8.51. The second-order valence-electron chi connectivity index (χ2n) is 11.4. The van der Waals surface area contributed by atoms with E-state index in [2.05, 4.69) is 4.90 Å². The summed E-state index contributed by atoms with van der Waals surface area (Å²) in [6.07, 6.45) is -4.87. The monoisotopic (exact) mass is 653 g/mol. The van der Waals surface area contributed by atoms with E-state index >= 15 is 0 Å². The van der Waals surface area contributed by atoms with Gasteiger partial charge in [0.2, 0.25) is 0 Å². The number of benzene rings is 3. The Balaban J connectivity index is 1.52. The lowest BCUT2D eigenvalue weighted by molar-refractivity contribution is -0.138. The van der Waals surface area contributed by atoms with E-state index in [1.807, 2.05) is 12.1 Å². The average Bonchev–Trinajstić information content (AvgIpc) is 3.06. The van der Waals surface area contributed by atoms with E-state index in [1.165, 1.54) is 14.0 Å². The minimum atomic E-state index is -4.87. The van der Waals surface area contributed by atoms with Gasteiger partial charge in [-0.3, -0.25) is 18.8 Å². The first-order valence-electron chi connectivity index (χ1n) is 15.0. The molecular weight excluding hydrogens is 618 g/mol. The smallest absolute Gasteiger partial charge is 0.416 e. The predicted octanol–water partition coefficient (Wildman–Crippen LogP) is 4.33. The first kappa shape index (κ1) is 33.6. The van der Waals surface area contributed by atoms with Gasteiger partial charge in [0.25, 0.3) is 5.56 Å². The SMILES string of the molecule is COC(=O)c1ccccc1CN1CCN(c2c(C)n(Cc3c(F)cccc3C(F)(F)F)c(=O)n(C[C@H](N)c3ccccc3)c2=O)CC1. The molecule has 1 aliphatic heterocycles. The molecule has 1 fully saturated rings. The molecule has 0 radical (unpaired) electrons. The van der Waals surface area contributed by atoms with Crippen LogP contribution in [-0.4, -0.2) is 53.3 Å². The summed E-state index contributed by atoms with van der Waals surface area (Å²) in [7, 11) is 1.31. The molecule has 3 aromatic carbocycles. The number of nitrogens with two attached hydrogens (primary N) is 1. The molecule has 2 N–H and O–H groups in total. The van der Waals surface area contributed by atoms with Crippen molar-refractivity contribution in [3.63, 3.8) is 0 Å². The van der Waals surface area contributed by atoms with Crippen LogP contribution < -0.4 is 21.9 Å². The van der Waals surface area contributed by atoms with Crippen LogP contribution in [0.1, 0.15) is 44.3 Å². The Labute approximate surface area is 268 Å². The predicted molar refractivity (Wildman–Crippen MR) is 169 cm³/mol. The summed E-state index contributed by atoms with van der Waals surface area (Å²) in [5.74, 6) is -1.57. The second-order valence-corrected chi connectivity index (χ2v) is 11.4. The standard InChI is InChI=1S/C34H35F4N5O4/c1-22-30(41-17-15-40(16-18-41)19-24-11-6-7-12-25(24)32(45)47-2)31(44)43(21-29(39)23-9-4-3-5-10-23)33(46)42(22)20-26-27(34(36,37)38)13-8-14-28(26)35/h3-14,29H,15-21,39H2,1-2H3/t29-/m0/s1. The molecule has 0 aliphatic carbocycles. The van der Waals surface area contributed by atoms with Crippen molar-refractivity contribution in [2.24, 2.45) is 5.73 Å². The normalized spacial score (nSPS) is 14.7. The molecule has 9 nitrogen and oxygen atoms in total. The molecule has 0 saturated carbocycles. The minimum absolute atomic E-state index is 0.116. The van der Waals surface area contributed by atoms with E-state index in [4.69, 9.17) is 10.5 Å². The maximum absolute atomic E-state index is 15.0. The first-order chi connectivity index (χ1) is 22.4. The first-order valence-corrected chi connectivity index (χ1v) is 15.0. The Kier molecular flexibility index (Phi) is 9.96. The fourth-order valence-electron chi connectivity index (χ4n) is 5.98. The lowest BCUT2D eigenvalue weighted by Crippen LogP contribution is -2.51. The molecule has 1 aromatic heterocycles. The van der Waals surface area contributed by atoms with Crippen molar-refractivity contribution in [3.05, 3.63) is 133 Å². The molecule has 0 bridgehead atoms. The molecule has 0 unspecified atom stereocenters. The van der Waals surface area contributed by atoms with E-state index < -0.39 is 52.9 Å². The average molecular weight is 654 g/mol. The summed E-state index contributed by atoms with van der Waals surface area (Å²) in [6.45, 7) is 2.56. The van der Waals surface area contributed by atoms with E-state index in [0.29, 0.717) is 43.9 Å². The summed E-state index contributed by atoms with van der Waals surface area (Å²) in [6, 6.07) is 17.8. The summed E-state index contributed by atoms with van der Waals surface area (Å²) in [5.41, 5.74) is 5.09. The fraction of sp³-hybridized carbons (Fsp3) is 0.324. The highest BCUT2D eigenvalue weighted by molar-refractivity contribution is 5.90. The van der Waals surface area contributed by atoms with Gasteiger partial charge in [-0.2, -0.15) is 13.2 Å². The Bertz CT molecular complexity index is 1870. The van der Waals surface area contributed by atoms with Crippen molar-refractivity contribution >= 4 is 11.7 Å². The van der Waals surface area contributed by atoms with E-state index in [1.54, 1.807) is 47.4 Å². The lowest BCUT2D eigenvalue weighted by Gasteiger charge is -2.37. The van der Waals surface area contributed by atoms with Gasteiger partial charge < -0.3 is 15.4 Å². The van der Waals surface area contributed by atoms with Crippen LogP contribution in [0.4, 0.5) is 23.2 Å². The number of hydrogen-bond donors (Lipinski definition) is 1. The van der Waals surface area contributed by atoms with Gasteiger partial charge in [0.05, 0.1) is 31.3 Å². The molecule has 1 saturated heterocycles. The third kappa shape index (κ3) is 7.15. The van der Waals surface area contributed by atoms with Crippen LogP contribution in [-0.2, 0) is 30.5 Å². The summed E-state index contributed by atoms with van der Waals surface area (Å²) < 4.78 is 63.6. The minimum Gasteiger partial charge on any atom is -0.465 e. The van der Waals surface area contributed by atoms with Gasteiger partial charge in [0, 0.05) is 50.0 Å². The number of methoxy groups -OCH3 is 1. The number of nitrogens with zero attached hydrogens (tertiary/aromatic N) is 4. The Morgan fingerprint density at radius 3 is 2.21 bits per heavy atom. The number of halogens is 4. The van der Waals surface area contributed by atoms with Crippen LogP contribution in [0.25, 0.3) is 0 Å². The van der Waals surface area contributed by atoms with Crippen molar-refractivity contribution in [2.45, 2.75) is 38.8 Å². The van der Waals surface area contributed by atoms with E-state index in [0.717, 1.165) is 32.9 Å². The van der Waals surface area contributed by atoms with Crippen molar-refractivity contribution in [1.29, 1.82) is 0 Å². The van der Waals surface area contributed by atoms with E-state index in [-0.39, 0.29) is 17.9 Å². The number of ether oxygens (including phenoxy) is 1. The van der Waals surface area contributed by atoms with Crippen LogP contribution in [0, 0.1) is 12.7 Å². The van der Waals surface area contributed by atoms with Gasteiger partial charge in [-0.05, 0) is 36.2 Å². The maximum atomic E-state index is 15.0. The molecule has 13 heteroatoms. The topological polar surface area (TPSA) is 103 Å². The highest BCUT2D eigenvalue weighted by Gasteiger charge is 2.35. The van der Waals surface area contributed by atoms with Crippen LogP contribution in [0.3, 0.4) is 0 Å². The van der Waals surface area contributed by atoms with Crippen molar-refractivity contribution in [1.82, 2.24) is 14.0 Å². The second kappa shape index (κ2) is 13.9. The molecule has 248 valence electrons. The molecule has 4 aromatic rings. The van der Waals surface area contributed by atoms with E-state index in [9.17, 15) is 31.9 Å². The van der Waals surface area contributed by atoms with Gasteiger partial charge in [-0.25, -0.2) is 14.0 Å². The summed E-state index contributed by atoms with van der Waals surface area (Å²) in [5, 5.41) is 0. The third-order valence-electron chi connectivity index (χ3n) is 8.51. The number of anilines is 1. The molecule has 1 aliphatic rings. The van der Waals surface area contributed by atoms with Gasteiger partial charge in [0.1, 0.15) is 11.5 Å². The van der Waals surface area contributed by atoms with Gasteiger partial charge >= 0.3 is 17.8 Å². The summed E-state index contributed by atoms with van der Waals surface area (Å²) in [4.78, 5) is 44.0. The maximum Gasteiger partial charge on any atom is 0.416 e. The van der Waals surface area contributed by atoms with Gasteiger partial charge in [-0.1, -0.05) is 54.6 Å². The quantitative estimate of drug-likeness (QED) is 0.212. The number of esters is 1. The number of piperazine rings is 1. The molecule has 0 spiro atoms. The molecular formula is C34H35F4N5O4. The molecule has 2 heterocycles. The molecule has 0 amide bonds. The van der Waals surface area contributed by atoms with Crippen molar-refractivity contribution in [2.75, 3.05) is 38.2 Å². The number of carbonyl (C=O) groups is 1.